The van der Waals surface area contributed by atoms with Crippen LogP contribution in [0, 0.1) is 0 Å². The van der Waals surface area contributed by atoms with Gasteiger partial charge in [0.25, 0.3) is 0 Å². The van der Waals surface area contributed by atoms with Gasteiger partial charge in [0.05, 0.1) is 0 Å². The molecule has 90 valence electrons. The largest absolute Gasteiger partial charge is 0.330 e. The molecule has 18 heavy (non-hydrogen) atoms. The highest BCUT2D eigenvalue weighted by Crippen LogP contribution is 2.23. The average molecular weight is 239 g/mol. The van der Waals surface area contributed by atoms with E-state index in [4.69, 9.17) is 5.73 Å². The maximum absolute atomic E-state index is 5.50. The third kappa shape index (κ3) is 1.84. The number of hydrogen-bond acceptors (Lipinski definition) is 4. The number of aromatic amines is 1. The molecule has 0 spiro atoms. The van der Waals surface area contributed by atoms with Gasteiger partial charge in [-0.05, 0) is 18.0 Å². The van der Waals surface area contributed by atoms with Crippen LogP contribution in [0.1, 0.15) is 5.82 Å². The lowest BCUT2D eigenvalue weighted by atomic mass is 10.1. The van der Waals surface area contributed by atoms with Crippen molar-refractivity contribution in [1.82, 2.24) is 20.2 Å². The minimum atomic E-state index is 0.553. The summed E-state index contributed by atoms with van der Waals surface area (Å²) in [7, 11) is 0. The summed E-state index contributed by atoms with van der Waals surface area (Å²) in [6, 6.07) is 10.0. The zero-order valence-electron chi connectivity index (χ0n) is 9.80. The molecule has 0 bridgehead atoms. The second-order valence-electron chi connectivity index (χ2n) is 4.03. The van der Waals surface area contributed by atoms with Crippen LogP contribution < -0.4 is 5.73 Å². The topological polar surface area (TPSA) is 80.5 Å². The van der Waals surface area contributed by atoms with Crippen molar-refractivity contribution in [2.24, 2.45) is 5.73 Å². The van der Waals surface area contributed by atoms with Crippen molar-refractivity contribution in [3.63, 3.8) is 0 Å². The van der Waals surface area contributed by atoms with E-state index in [0.717, 1.165) is 22.3 Å². The minimum absolute atomic E-state index is 0.553. The maximum Gasteiger partial charge on any atom is 0.200 e. The first-order chi connectivity index (χ1) is 8.88. The van der Waals surface area contributed by atoms with Gasteiger partial charge in [-0.15, -0.1) is 0 Å². The summed E-state index contributed by atoms with van der Waals surface area (Å²) in [5.74, 6) is 1.41. The first-order valence-electron chi connectivity index (χ1n) is 5.84. The van der Waals surface area contributed by atoms with Gasteiger partial charge in [-0.2, -0.15) is 5.10 Å². The predicted octanol–water partition coefficient (Wildman–Crippen LogP) is 1.52. The average Bonchev–Trinajstić information content (AvgIpc) is 2.87. The van der Waals surface area contributed by atoms with E-state index in [1.54, 1.807) is 6.20 Å². The van der Waals surface area contributed by atoms with Crippen LogP contribution in [0.5, 0.6) is 0 Å². The Morgan fingerprint density at radius 2 is 2.06 bits per heavy atom. The number of benzene rings is 1. The first kappa shape index (κ1) is 10.9. The standard InChI is InChI=1S/C13H13N5/c14-7-5-11-16-13(18-17-11)12-10-4-2-1-3-9(10)6-8-15-12/h1-4,6,8H,5,7,14H2,(H,16,17,18). The van der Waals surface area contributed by atoms with E-state index in [1.807, 2.05) is 30.3 Å². The molecule has 2 aromatic heterocycles. The highest BCUT2D eigenvalue weighted by atomic mass is 15.2. The van der Waals surface area contributed by atoms with Crippen LogP contribution in [-0.4, -0.2) is 26.7 Å². The van der Waals surface area contributed by atoms with Gasteiger partial charge in [-0.3, -0.25) is 10.1 Å². The molecule has 0 saturated carbocycles. The number of pyridine rings is 1. The fourth-order valence-corrected chi connectivity index (χ4v) is 1.95. The lowest BCUT2D eigenvalue weighted by Crippen LogP contribution is -2.03. The molecule has 2 heterocycles. The predicted molar refractivity (Wildman–Crippen MR) is 69.9 cm³/mol. The molecule has 1 aromatic carbocycles. The second-order valence-corrected chi connectivity index (χ2v) is 4.03. The summed E-state index contributed by atoms with van der Waals surface area (Å²) in [6.07, 6.45) is 2.47. The molecule has 0 atom stereocenters. The van der Waals surface area contributed by atoms with Gasteiger partial charge in [-0.25, -0.2) is 4.98 Å². The van der Waals surface area contributed by atoms with Crippen LogP contribution in [0.2, 0.25) is 0 Å². The van der Waals surface area contributed by atoms with Crippen molar-refractivity contribution in [3.05, 3.63) is 42.4 Å². The number of nitrogens with two attached hydrogens (primary N) is 1. The minimum Gasteiger partial charge on any atom is -0.330 e. The van der Waals surface area contributed by atoms with Gasteiger partial charge < -0.3 is 5.73 Å². The van der Waals surface area contributed by atoms with Crippen molar-refractivity contribution in [1.29, 1.82) is 0 Å². The van der Waals surface area contributed by atoms with Gasteiger partial charge >= 0.3 is 0 Å². The Hall–Kier alpha value is -2.27. The molecule has 5 nitrogen and oxygen atoms in total. The molecule has 0 aliphatic heterocycles. The van der Waals surface area contributed by atoms with Gasteiger partial charge in [0.2, 0.25) is 0 Å². The number of hydrogen-bond donors (Lipinski definition) is 2. The smallest absolute Gasteiger partial charge is 0.200 e. The fraction of sp³-hybridized carbons (Fsp3) is 0.154. The molecule has 0 unspecified atom stereocenters. The van der Waals surface area contributed by atoms with Crippen LogP contribution >= 0.6 is 0 Å². The number of aromatic nitrogens is 4. The highest BCUT2D eigenvalue weighted by Gasteiger charge is 2.10. The Morgan fingerprint density at radius 1 is 1.17 bits per heavy atom. The van der Waals surface area contributed by atoms with E-state index in [-0.39, 0.29) is 0 Å². The Balaban J connectivity index is 2.12. The molecular formula is C13H13N5. The third-order valence-electron chi connectivity index (χ3n) is 2.80. The summed E-state index contributed by atoms with van der Waals surface area (Å²) in [5, 5.41) is 9.28. The number of nitrogens with zero attached hydrogens (tertiary/aromatic N) is 3. The fourth-order valence-electron chi connectivity index (χ4n) is 1.95. The van der Waals surface area contributed by atoms with E-state index < -0.39 is 0 Å². The summed E-state index contributed by atoms with van der Waals surface area (Å²) >= 11 is 0. The van der Waals surface area contributed by atoms with Crippen LogP contribution in [0.25, 0.3) is 22.3 Å². The van der Waals surface area contributed by atoms with E-state index in [2.05, 4.69) is 20.2 Å². The molecule has 3 aromatic rings. The molecule has 0 aliphatic carbocycles. The van der Waals surface area contributed by atoms with Crippen molar-refractivity contribution in [2.75, 3.05) is 6.54 Å². The van der Waals surface area contributed by atoms with Gasteiger partial charge in [-0.1, -0.05) is 24.3 Å². The Kier molecular flexibility index (Phi) is 2.74. The van der Waals surface area contributed by atoms with Crippen LogP contribution in [0.15, 0.2) is 36.5 Å². The van der Waals surface area contributed by atoms with Crippen molar-refractivity contribution >= 4 is 10.8 Å². The Morgan fingerprint density at radius 3 is 2.94 bits per heavy atom. The van der Waals surface area contributed by atoms with E-state index >= 15 is 0 Å². The summed E-state index contributed by atoms with van der Waals surface area (Å²) in [6.45, 7) is 0.553. The van der Waals surface area contributed by atoms with E-state index in [0.29, 0.717) is 18.8 Å². The summed E-state index contributed by atoms with van der Waals surface area (Å²) in [5.41, 5.74) is 6.29. The molecule has 0 radical (unpaired) electrons. The number of H-pyrrole nitrogens is 1. The van der Waals surface area contributed by atoms with Crippen LogP contribution in [0.4, 0.5) is 0 Å². The van der Waals surface area contributed by atoms with Gasteiger partial charge in [0, 0.05) is 18.0 Å². The van der Waals surface area contributed by atoms with Gasteiger partial charge in [0.15, 0.2) is 5.82 Å². The molecule has 3 N–H and O–H groups in total. The molecule has 0 fully saturated rings. The lowest BCUT2D eigenvalue weighted by Gasteiger charge is -2.00. The maximum atomic E-state index is 5.50. The molecule has 5 heteroatoms. The quantitative estimate of drug-likeness (QED) is 0.726. The van der Waals surface area contributed by atoms with E-state index in [9.17, 15) is 0 Å². The summed E-state index contributed by atoms with van der Waals surface area (Å²) in [4.78, 5) is 8.79. The summed E-state index contributed by atoms with van der Waals surface area (Å²) < 4.78 is 0. The van der Waals surface area contributed by atoms with Crippen LogP contribution in [-0.2, 0) is 6.42 Å². The van der Waals surface area contributed by atoms with Crippen molar-refractivity contribution in [2.45, 2.75) is 6.42 Å². The number of nitrogens with one attached hydrogen (secondary N) is 1. The second kappa shape index (κ2) is 4.54. The third-order valence-corrected chi connectivity index (χ3v) is 2.80. The zero-order valence-corrected chi connectivity index (χ0v) is 9.80. The monoisotopic (exact) mass is 239 g/mol. The lowest BCUT2D eigenvalue weighted by molar-refractivity contribution is 0.874. The van der Waals surface area contributed by atoms with Crippen molar-refractivity contribution in [3.8, 4) is 11.5 Å². The molecule has 3 rings (SSSR count). The number of fused-ring (bicyclic) bond motifs is 1. The van der Waals surface area contributed by atoms with Crippen molar-refractivity contribution < 1.29 is 0 Å². The zero-order chi connectivity index (χ0) is 12.4. The molecule has 0 saturated heterocycles. The Labute approximate surface area is 104 Å². The highest BCUT2D eigenvalue weighted by molar-refractivity contribution is 5.92. The van der Waals surface area contributed by atoms with E-state index in [1.165, 1.54) is 0 Å². The molecule has 0 aliphatic rings. The van der Waals surface area contributed by atoms with Gasteiger partial charge in [0.1, 0.15) is 11.5 Å². The number of rotatable bonds is 3. The Bertz CT molecular complexity index is 668. The molecule has 0 amide bonds. The molecular weight excluding hydrogens is 226 g/mol. The SMILES string of the molecule is NCCc1nc(-c2nccc3ccccc23)n[nH]1. The first-order valence-corrected chi connectivity index (χ1v) is 5.84. The normalized spacial score (nSPS) is 10.9. The van der Waals surface area contributed by atoms with Crippen LogP contribution in [0.3, 0.4) is 0 Å².